The minimum Gasteiger partial charge on any atom is -0.497 e. The van der Waals surface area contributed by atoms with Crippen LogP contribution in [0.4, 0.5) is 5.69 Å². The predicted octanol–water partition coefficient (Wildman–Crippen LogP) is 5.44. The molecule has 0 bridgehead atoms. The first-order valence-electron chi connectivity index (χ1n) is 12.1. The van der Waals surface area contributed by atoms with Crippen LogP contribution in [0.5, 0.6) is 11.5 Å². The van der Waals surface area contributed by atoms with Crippen molar-refractivity contribution >= 4 is 22.6 Å². The molecule has 0 N–H and O–H groups in total. The van der Waals surface area contributed by atoms with Gasteiger partial charge in [0.2, 0.25) is 0 Å². The Balaban J connectivity index is 1.50. The van der Waals surface area contributed by atoms with E-state index in [9.17, 15) is 4.79 Å². The van der Waals surface area contributed by atoms with E-state index in [1.54, 1.807) is 13.3 Å². The van der Waals surface area contributed by atoms with Gasteiger partial charge in [-0.15, -0.1) is 0 Å². The smallest absolute Gasteiger partial charge is 0.330 e. The Labute approximate surface area is 205 Å². The van der Waals surface area contributed by atoms with Crippen molar-refractivity contribution in [1.29, 1.82) is 0 Å². The number of pyridine rings is 1. The van der Waals surface area contributed by atoms with Crippen molar-refractivity contribution in [3.05, 3.63) is 47.0 Å². The number of azide groups is 1. The highest BCUT2D eigenvalue weighted by atomic mass is 16.6. The molecule has 9 nitrogen and oxygen atoms in total. The molecule has 2 heterocycles. The van der Waals surface area contributed by atoms with Crippen molar-refractivity contribution < 1.29 is 19.0 Å². The molecule has 0 unspecified atom stereocenters. The summed E-state index contributed by atoms with van der Waals surface area (Å²) in [5, 5.41) is 5.09. The van der Waals surface area contributed by atoms with Crippen molar-refractivity contribution in [2.75, 3.05) is 31.7 Å². The fourth-order valence-electron chi connectivity index (χ4n) is 4.95. The van der Waals surface area contributed by atoms with Crippen molar-refractivity contribution in [3.63, 3.8) is 0 Å². The van der Waals surface area contributed by atoms with E-state index in [1.165, 1.54) is 6.08 Å². The molecule has 0 saturated heterocycles. The van der Waals surface area contributed by atoms with E-state index in [0.717, 1.165) is 60.4 Å². The number of nitrogens with zero attached hydrogens (tertiary/aromatic N) is 5. The molecule has 0 radical (unpaired) electrons. The highest BCUT2D eigenvalue weighted by Gasteiger charge is 2.32. The van der Waals surface area contributed by atoms with Gasteiger partial charge in [0.15, 0.2) is 5.75 Å². The Hall–Kier alpha value is -3.45. The average Bonchev–Trinajstić information content (AvgIpc) is 2.82. The van der Waals surface area contributed by atoms with Crippen LogP contribution in [0.1, 0.15) is 40.0 Å². The molecule has 0 amide bonds. The van der Waals surface area contributed by atoms with E-state index in [2.05, 4.69) is 19.9 Å². The number of fused-ring (bicyclic) bond motifs is 3. The summed E-state index contributed by atoms with van der Waals surface area (Å²) in [5.41, 5.74) is 10.6. The maximum absolute atomic E-state index is 12.1. The Kier molecular flexibility index (Phi) is 7.36. The zero-order valence-corrected chi connectivity index (χ0v) is 20.8. The van der Waals surface area contributed by atoms with Gasteiger partial charge in [-0.2, -0.15) is 0 Å². The van der Waals surface area contributed by atoms with Crippen LogP contribution in [-0.4, -0.2) is 49.4 Å². The number of anilines is 1. The molecule has 4 rings (SSSR count). The summed E-state index contributed by atoms with van der Waals surface area (Å²) in [6, 6.07) is 5.67. The molecule has 1 aromatic carbocycles. The summed E-state index contributed by atoms with van der Waals surface area (Å²) in [5.74, 6) is 1.54. The number of ether oxygens (including phenoxy) is 3. The highest BCUT2D eigenvalue weighted by molar-refractivity contribution is 5.96. The van der Waals surface area contributed by atoms with E-state index >= 15 is 0 Å². The molecule has 1 aromatic heterocycles. The molecule has 0 spiro atoms. The molecule has 9 heteroatoms. The molecule has 1 fully saturated rings. The lowest BCUT2D eigenvalue weighted by Crippen LogP contribution is -2.39. The second-order valence-electron chi connectivity index (χ2n) is 10.2. The van der Waals surface area contributed by atoms with Crippen molar-refractivity contribution in [2.24, 2.45) is 17.0 Å². The van der Waals surface area contributed by atoms with Gasteiger partial charge in [-0.1, -0.05) is 11.2 Å². The van der Waals surface area contributed by atoms with E-state index in [0.29, 0.717) is 12.5 Å². The van der Waals surface area contributed by atoms with E-state index in [4.69, 9.17) is 19.7 Å². The lowest BCUT2D eigenvalue weighted by Gasteiger charge is -2.38. The summed E-state index contributed by atoms with van der Waals surface area (Å²) in [6.45, 7) is 7.71. The van der Waals surface area contributed by atoms with Gasteiger partial charge in [-0.25, -0.2) is 4.79 Å². The zero-order valence-electron chi connectivity index (χ0n) is 20.8. The van der Waals surface area contributed by atoms with Gasteiger partial charge in [0, 0.05) is 29.0 Å². The number of carbonyl (C=O) groups excluding carboxylic acids is 1. The first-order valence-corrected chi connectivity index (χ1v) is 12.1. The summed E-state index contributed by atoms with van der Waals surface area (Å²) in [7, 11) is 1.66. The fraction of sp³-hybridized carbons (Fsp3) is 0.538. The topological polar surface area (TPSA) is 110 Å². The molecule has 2 aromatic rings. The number of hydrogen-bond acceptors (Lipinski definition) is 7. The number of benzene rings is 1. The fourth-order valence-corrected chi connectivity index (χ4v) is 4.95. The van der Waals surface area contributed by atoms with Gasteiger partial charge < -0.3 is 19.1 Å². The minimum atomic E-state index is -0.540. The molecule has 3 atom stereocenters. The molecular weight excluding hydrogens is 446 g/mol. The normalized spacial score (nSPS) is 22.3. The third kappa shape index (κ3) is 5.98. The van der Waals surface area contributed by atoms with Gasteiger partial charge in [0.25, 0.3) is 0 Å². The van der Waals surface area contributed by atoms with Gasteiger partial charge in [0.05, 0.1) is 31.1 Å². The van der Waals surface area contributed by atoms with E-state index in [-0.39, 0.29) is 17.9 Å². The van der Waals surface area contributed by atoms with Crippen molar-refractivity contribution in [2.45, 2.75) is 51.7 Å². The van der Waals surface area contributed by atoms with Crippen LogP contribution in [-0.2, 0) is 9.53 Å². The Morgan fingerprint density at radius 2 is 2.20 bits per heavy atom. The van der Waals surface area contributed by atoms with Gasteiger partial charge in [-0.05, 0) is 75.6 Å². The summed E-state index contributed by atoms with van der Waals surface area (Å²) >= 11 is 0. The van der Waals surface area contributed by atoms with Crippen molar-refractivity contribution in [1.82, 2.24) is 4.98 Å². The maximum atomic E-state index is 12.1. The van der Waals surface area contributed by atoms with Crippen LogP contribution < -0.4 is 14.4 Å². The monoisotopic (exact) mass is 479 g/mol. The van der Waals surface area contributed by atoms with E-state index in [1.807, 2.05) is 45.0 Å². The molecule has 2 aliphatic rings. The maximum Gasteiger partial charge on any atom is 0.330 e. The average molecular weight is 480 g/mol. The second-order valence-corrected chi connectivity index (χ2v) is 10.2. The van der Waals surface area contributed by atoms with Gasteiger partial charge >= 0.3 is 5.97 Å². The quantitative estimate of drug-likeness (QED) is 0.179. The number of methoxy groups -OCH3 is 1. The Morgan fingerprint density at radius 1 is 1.37 bits per heavy atom. The third-order valence-electron chi connectivity index (χ3n) is 6.49. The number of rotatable bonds is 6. The molecule has 35 heavy (non-hydrogen) atoms. The lowest BCUT2D eigenvalue weighted by atomic mass is 9.78. The lowest BCUT2D eigenvalue weighted by molar-refractivity contribution is -0.148. The van der Waals surface area contributed by atoms with E-state index < -0.39 is 5.60 Å². The summed E-state index contributed by atoms with van der Waals surface area (Å²) < 4.78 is 16.7. The number of esters is 1. The van der Waals surface area contributed by atoms with Crippen LogP contribution in [0.3, 0.4) is 0 Å². The highest BCUT2D eigenvalue weighted by Crippen LogP contribution is 2.41. The number of carbonyl (C=O) groups is 1. The van der Waals surface area contributed by atoms with Crippen LogP contribution in [0.25, 0.3) is 21.3 Å². The molecule has 186 valence electrons. The van der Waals surface area contributed by atoms with Crippen LogP contribution >= 0.6 is 0 Å². The molecule has 1 aliphatic carbocycles. The standard InChI is InChI=1S/C26H33N5O4/c1-26(2,3)35-24(32)10-7-18-6-5-17(13-22(18)29-30-27)16-31-11-12-34-23-15-28-21-9-8-19(33-4)14-20(21)25(23)31/h7-10,14-15,17-18,22H,5-6,11-13,16H2,1-4H3/b10-7+/t17-,18+,22-/m0/s1. The van der Waals surface area contributed by atoms with Crippen LogP contribution in [0.2, 0.25) is 0 Å². The van der Waals surface area contributed by atoms with Crippen molar-refractivity contribution in [3.8, 4) is 11.5 Å². The minimum absolute atomic E-state index is 0.0148. The Bertz CT molecular complexity index is 1150. The first-order chi connectivity index (χ1) is 16.8. The second kappa shape index (κ2) is 10.4. The first kappa shape index (κ1) is 24.7. The SMILES string of the molecule is COc1ccc2ncc3c(c2c1)N(C[C@H]1CC[C@H](/C=C/C(=O)OC(C)(C)C)[C@@H](N=[N+]=[N-])C1)CCO3. The third-order valence-corrected chi connectivity index (χ3v) is 6.49. The summed E-state index contributed by atoms with van der Waals surface area (Å²) in [6.07, 6.45) is 7.68. The van der Waals surface area contributed by atoms with Crippen LogP contribution in [0, 0.1) is 11.8 Å². The summed E-state index contributed by atoms with van der Waals surface area (Å²) in [4.78, 5) is 22.1. The molecule has 1 aliphatic heterocycles. The van der Waals surface area contributed by atoms with Gasteiger partial charge in [-0.3, -0.25) is 4.98 Å². The Morgan fingerprint density at radius 3 is 2.94 bits per heavy atom. The predicted molar refractivity (Wildman–Crippen MR) is 135 cm³/mol. The van der Waals surface area contributed by atoms with Gasteiger partial charge in [0.1, 0.15) is 18.0 Å². The van der Waals surface area contributed by atoms with Crippen LogP contribution in [0.15, 0.2) is 41.7 Å². The number of hydrogen-bond donors (Lipinski definition) is 0. The zero-order chi connectivity index (χ0) is 25.0. The largest absolute Gasteiger partial charge is 0.497 e. The number of aromatic nitrogens is 1. The molecule has 1 saturated carbocycles. The molecular formula is C26H33N5O4.